The van der Waals surface area contributed by atoms with Crippen molar-refractivity contribution in [2.75, 3.05) is 11.9 Å². The molecule has 1 aromatic rings. The van der Waals surface area contributed by atoms with Crippen molar-refractivity contribution in [3.63, 3.8) is 0 Å². The van der Waals surface area contributed by atoms with Gasteiger partial charge in [-0.1, -0.05) is 18.9 Å². The van der Waals surface area contributed by atoms with E-state index in [2.05, 4.69) is 17.0 Å². The Balaban J connectivity index is 2.21. The summed E-state index contributed by atoms with van der Waals surface area (Å²) in [6.07, 6.45) is 4.39. The van der Waals surface area contributed by atoms with Crippen molar-refractivity contribution in [2.24, 2.45) is 5.92 Å². The smallest absolute Gasteiger partial charge is 0.0992 e. The normalized spacial score (nSPS) is 22.8. The maximum absolute atomic E-state index is 9.23. The first-order chi connectivity index (χ1) is 8.76. The molecule has 0 radical (unpaired) electrons. The Labute approximate surface area is 108 Å². The second-order valence-electron chi connectivity index (χ2n) is 4.86. The van der Waals surface area contributed by atoms with E-state index < -0.39 is 0 Å². The van der Waals surface area contributed by atoms with Crippen molar-refractivity contribution in [1.29, 1.82) is 10.5 Å². The van der Waals surface area contributed by atoms with Crippen LogP contribution in [0.15, 0.2) is 24.3 Å². The van der Waals surface area contributed by atoms with Gasteiger partial charge in [-0.05, 0) is 31.0 Å². The van der Waals surface area contributed by atoms with Crippen LogP contribution in [0.25, 0.3) is 0 Å². The lowest BCUT2D eigenvalue weighted by molar-refractivity contribution is 0.358. The molecule has 1 aliphatic rings. The molecule has 0 heterocycles. The van der Waals surface area contributed by atoms with Crippen LogP contribution in [0, 0.1) is 28.6 Å². The first kappa shape index (κ1) is 12.5. The number of rotatable bonds is 2. The average molecular weight is 239 g/mol. The molecule has 2 atom stereocenters. The summed E-state index contributed by atoms with van der Waals surface area (Å²) in [5.41, 5.74) is 1.70. The Morgan fingerprint density at radius 3 is 2.72 bits per heavy atom. The predicted octanol–water partition coefficient (Wildman–Crippen LogP) is 3.08. The van der Waals surface area contributed by atoms with Crippen LogP contribution in [-0.2, 0) is 0 Å². The summed E-state index contributed by atoms with van der Waals surface area (Å²) in [6, 6.07) is 12.5. The summed E-state index contributed by atoms with van der Waals surface area (Å²) < 4.78 is 0. The van der Waals surface area contributed by atoms with Crippen LogP contribution in [0.1, 0.15) is 31.2 Å². The van der Waals surface area contributed by atoms with Crippen LogP contribution >= 0.6 is 0 Å². The molecule has 1 aromatic carbocycles. The molecule has 18 heavy (non-hydrogen) atoms. The topological polar surface area (TPSA) is 50.8 Å². The molecule has 0 aromatic heterocycles. The van der Waals surface area contributed by atoms with Crippen molar-refractivity contribution in [3.05, 3.63) is 29.8 Å². The Hall–Kier alpha value is -2.00. The van der Waals surface area contributed by atoms with Gasteiger partial charge in [0.15, 0.2) is 0 Å². The summed E-state index contributed by atoms with van der Waals surface area (Å²) in [5, 5.41) is 18.2. The number of hydrogen-bond acceptors (Lipinski definition) is 3. The summed E-state index contributed by atoms with van der Waals surface area (Å²) in [7, 11) is 2.02. The minimum atomic E-state index is 0.106. The van der Waals surface area contributed by atoms with Crippen LogP contribution in [0.2, 0.25) is 0 Å². The maximum atomic E-state index is 9.23. The highest BCUT2D eigenvalue weighted by molar-refractivity contribution is 5.52. The van der Waals surface area contributed by atoms with Crippen molar-refractivity contribution < 1.29 is 0 Å². The molecule has 0 N–H and O–H groups in total. The van der Waals surface area contributed by atoms with Gasteiger partial charge in [0.05, 0.1) is 23.6 Å². The van der Waals surface area contributed by atoms with Crippen LogP contribution in [0.3, 0.4) is 0 Å². The molecule has 0 aliphatic heterocycles. The minimum Gasteiger partial charge on any atom is -0.370 e. The largest absolute Gasteiger partial charge is 0.370 e. The molecule has 3 heteroatoms. The van der Waals surface area contributed by atoms with E-state index in [0.717, 1.165) is 24.9 Å². The fourth-order valence-electron chi connectivity index (χ4n) is 2.71. The van der Waals surface area contributed by atoms with Gasteiger partial charge in [-0.2, -0.15) is 10.5 Å². The van der Waals surface area contributed by atoms with Gasteiger partial charge >= 0.3 is 0 Å². The van der Waals surface area contributed by atoms with Crippen LogP contribution in [0.5, 0.6) is 0 Å². The first-order valence-electron chi connectivity index (χ1n) is 6.39. The van der Waals surface area contributed by atoms with Crippen LogP contribution in [0.4, 0.5) is 5.69 Å². The number of benzene rings is 1. The van der Waals surface area contributed by atoms with E-state index in [0.29, 0.717) is 5.56 Å². The predicted molar refractivity (Wildman–Crippen MR) is 70.9 cm³/mol. The first-order valence-corrected chi connectivity index (χ1v) is 6.39. The quantitative estimate of drug-likeness (QED) is 0.797. The van der Waals surface area contributed by atoms with Gasteiger partial charge in [0, 0.05) is 18.8 Å². The van der Waals surface area contributed by atoms with Crippen molar-refractivity contribution in [1.82, 2.24) is 0 Å². The molecule has 1 aliphatic carbocycles. The Morgan fingerprint density at radius 1 is 1.22 bits per heavy atom. The zero-order chi connectivity index (χ0) is 13.0. The Kier molecular flexibility index (Phi) is 3.85. The van der Waals surface area contributed by atoms with Gasteiger partial charge in [0.1, 0.15) is 0 Å². The highest BCUT2D eigenvalue weighted by Gasteiger charge is 2.28. The molecular weight excluding hydrogens is 222 g/mol. The van der Waals surface area contributed by atoms with E-state index in [1.165, 1.54) is 6.42 Å². The lowest BCUT2D eigenvalue weighted by Crippen LogP contribution is -2.39. The zero-order valence-electron chi connectivity index (χ0n) is 10.6. The van der Waals surface area contributed by atoms with Gasteiger partial charge in [0.2, 0.25) is 0 Å². The third-order valence-electron chi connectivity index (χ3n) is 3.78. The second-order valence-corrected chi connectivity index (χ2v) is 4.86. The Morgan fingerprint density at radius 2 is 2.00 bits per heavy atom. The molecule has 0 saturated heterocycles. The van der Waals surface area contributed by atoms with Crippen LogP contribution < -0.4 is 4.90 Å². The third-order valence-corrected chi connectivity index (χ3v) is 3.78. The summed E-state index contributed by atoms with van der Waals surface area (Å²) >= 11 is 0. The summed E-state index contributed by atoms with van der Waals surface area (Å²) in [5.74, 6) is 0.106. The number of anilines is 1. The van der Waals surface area contributed by atoms with E-state index in [1.54, 1.807) is 6.07 Å². The average Bonchev–Trinajstić information content (AvgIpc) is 2.46. The highest BCUT2D eigenvalue weighted by atomic mass is 15.1. The molecule has 2 rings (SSSR count). The lowest BCUT2D eigenvalue weighted by atomic mass is 9.84. The SMILES string of the molecule is CN(c1cccc(C#N)c1)C1CCCCC1C#N. The van der Waals surface area contributed by atoms with Gasteiger partial charge in [0.25, 0.3) is 0 Å². The van der Waals surface area contributed by atoms with E-state index in [1.807, 2.05) is 25.2 Å². The number of nitriles is 2. The van der Waals surface area contributed by atoms with Crippen LogP contribution in [-0.4, -0.2) is 13.1 Å². The molecule has 0 bridgehead atoms. The lowest BCUT2D eigenvalue weighted by Gasteiger charge is -2.36. The highest BCUT2D eigenvalue weighted by Crippen LogP contribution is 2.30. The van der Waals surface area contributed by atoms with Crippen molar-refractivity contribution in [2.45, 2.75) is 31.7 Å². The molecule has 0 amide bonds. The van der Waals surface area contributed by atoms with Crippen molar-refractivity contribution in [3.8, 4) is 12.1 Å². The van der Waals surface area contributed by atoms with E-state index in [-0.39, 0.29) is 12.0 Å². The molecule has 1 fully saturated rings. The molecule has 92 valence electrons. The van der Waals surface area contributed by atoms with Gasteiger partial charge < -0.3 is 4.90 Å². The fraction of sp³-hybridized carbons (Fsp3) is 0.467. The van der Waals surface area contributed by atoms with E-state index in [4.69, 9.17) is 5.26 Å². The second kappa shape index (κ2) is 5.56. The molecular formula is C15H17N3. The standard InChI is InChI=1S/C15H17N3/c1-18(14-7-4-5-12(9-14)10-16)15-8-3-2-6-13(15)11-17/h4-5,7,9,13,15H,2-3,6,8H2,1H3. The molecule has 2 unspecified atom stereocenters. The van der Waals surface area contributed by atoms with E-state index >= 15 is 0 Å². The number of nitrogens with zero attached hydrogens (tertiary/aromatic N) is 3. The molecule has 1 saturated carbocycles. The number of hydrogen-bond donors (Lipinski definition) is 0. The maximum Gasteiger partial charge on any atom is 0.0992 e. The Bertz CT molecular complexity index is 495. The molecule has 3 nitrogen and oxygen atoms in total. The third kappa shape index (κ3) is 2.46. The fourth-order valence-corrected chi connectivity index (χ4v) is 2.71. The summed E-state index contributed by atoms with van der Waals surface area (Å²) in [6.45, 7) is 0. The van der Waals surface area contributed by atoms with E-state index in [9.17, 15) is 5.26 Å². The van der Waals surface area contributed by atoms with Gasteiger partial charge in [-0.15, -0.1) is 0 Å². The summed E-state index contributed by atoms with van der Waals surface area (Å²) in [4.78, 5) is 2.16. The minimum absolute atomic E-state index is 0.106. The monoisotopic (exact) mass is 239 g/mol. The van der Waals surface area contributed by atoms with Crippen molar-refractivity contribution >= 4 is 5.69 Å². The molecule has 0 spiro atoms. The van der Waals surface area contributed by atoms with Gasteiger partial charge in [-0.3, -0.25) is 0 Å². The zero-order valence-corrected chi connectivity index (χ0v) is 10.6. The van der Waals surface area contributed by atoms with Gasteiger partial charge in [-0.25, -0.2) is 0 Å².